The molecule has 0 radical (unpaired) electrons. The van der Waals surface area contributed by atoms with Gasteiger partial charge in [-0.2, -0.15) is 0 Å². The summed E-state index contributed by atoms with van der Waals surface area (Å²) in [5.41, 5.74) is 1.91. The van der Waals surface area contributed by atoms with Gasteiger partial charge in [-0.05, 0) is 29.5 Å². The minimum atomic E-state index is -0.800. The van der Waals surface area contributed by atoms with Gasteiger partial charge < -0.3 is 5.11 Å². The highest BCUT2D eigenvalue weighted by Gasteiger charge is 2.08. The molecule has 2 rings (SSSR count). The molecular weight excluding hydrogens is 198 g/mol. The zero-order valence-corrected chi connectivity index (χ0v) is 8.47. The van der Waals surface area contributed by atoms with Gasteiger partial charge >= 0.3 is 5.97 Å². The molecule has 1 N–H and O–H groups in total. The highest BCUT2D eigenvalue weighted by atomic mass is 32.1. The Morgan fingerprint density at radius 1 is 1.64 bits per heavy atom. The third kappa shape index (κ3) is 1.61. The second-order valence-electron chi connectivity index (χ2n) is 3.20. The summed E-state index contributed by atoms with van der Waals surface area (Å²) in [6.07, 6.45) is 1.87. The Bertz CT molecular complexity index is 490. The molecule has 3 nitrogen and oxygen atoms in total. The van der Waals surface area contributed by atoms with E-state index in [1.54, 1.807) is 6.20 Å². The molecule has 0 fully saturated rings. The average Bonchev–Trinajstić information content (AvgIpc) is 2.47. The van der Waals surface area contributed by atoms with Crippen LogP contribution in [0.1, 0.15) is 11.1 Å². The largest absolute Gasteiger partial charge is 0.481 e. The molecule has 2 heterocycles. The van der Waals surface area contributed by atoms with Gasteiger partial charge in [0.2, 0.25) is 0 Å². The van der Waals surface area contributed by atoms with E-state index in [-0.39, 0.29) is 6.42 Å². The number of rotatable bonds is 2. The van der Waals surface area contributed by atoms with Crippen LogP contribution in [0.2, 0.25) is 0 Å². The van der Waals surface area contributed by atoms with E-state index in [0.717, 1.165) is 21.3 Å². The van der Waals surface area contributed by atoms with Crippen molar-refractivity contribution in [3.8, 4) is 0 Å². The molecule has 14 heavy (non-hydrogen) atoms. The number of hydrogen-bond acceptors (Lipinski definition) is 3. The van der Waals surface area contributed by atoms with E-state index in [0.29, 0.717) is 0 Å². The lowest BCUT2D eigenvalue weighted by atomic mass is 10.1. The lowest BCUT2D eigenvalue weighted by Gasteiger charge is -1.95. The van der Waals surface area contributed by atoms with Gasteiger partial charge in [0.05, 0.1) is 6.42 Å². The lowest BCUT2D eigenvalue weighted by Crippen LogP contribution is -1.98. The van der Waals surface area contributed by atoms with E-state index in [1.807, 2.05) is 18.4 Å². The predicted molar refractivity (Wildman–Crippen MR) is 55.7 cm³/mol. The molecule has 0 unspecified atom stereocenters. The summed E-state index contributed by atoms with van der Waals surface area (Å²) in [6, 6.07) is 1.98. The van der Waals surface area contributed by atoms with Crippen molar-refractivity contribution in [1.82, 2.24) is 4.98 Å². The van der Waals surface area contributed by atoms with Crippen molar-refractivity contribution in [3.63, 3.8) is 0 Å². The third-order valence-electron chi connectivity index (χ3n) is 1.99. The molecule has 2 aromatic rings. The zero-order chi connectivity index (χ0) is 10.1. The summed E-state index contributed by atoms with van der Waals surface area (Å²) in [5.74, 6) is -0.800. The molecule has 0 aliphatic rings. The first kappa shape index (κ1) is 9.15. The molecule has 0 bridgehead atoms. The van der Waals surface area contributed by atoms with E-state index >= 15 is 0 Å². The Labute approximate surface area is 85.0 Å². The molecule has 4 heteroatoms. The van der Waals surface area contributed by atoms with Crippen molar-refractivity contribution in [1.29, 1.82) is 0 Å². The zero-order valence-electron chi connectivity index (χ0n) is 7.65. The van der Waals surface area contributed by atoms with Gasteiger partial charge in [-0.15, -0.1) is 11.3 Å². The van der Waals surface area contributed by atoms with E-state index in [1.165, 1.54) is 11.3 Å². The number of hydrogen-bond donors (Lipinski definition) is 1. The molecule has 0 saturated carbocycles. The molecule has 0 aromatic carbocycles. The second kappa shape index (κ2) is 3.38. The monoisotopic (exact) mass is 207 g/mol. The quantitative estimate of drug-likeness (QED) is 0.821. The van der Waals surface area contributed by atoms with E-state index in [9.17, 15) is 4.79 Å². The summed E-state index contributed by atoms with van der Waals surface area (Å²) in [4.78, 5) is 15.7. The Morgan fingerprint density at radius 3 is 3.14 bits per heavy atom. The standard InChI is InChI=1S/C10H9NO2S/c1-6-2-8-7(3-9(12)13)5-14-10(8)11-4-6/h2,4-5H,3H2,1H3,(H,12,13). The Hall–Kier alpha value is -1.42. The molecule has 0 aliphatic heterocycles. The van der Waals surface area contributed by atoms with Crippen molar-refractivity contribution >= 4 is 27.5 Å². The van der Waals surface area contributed by atoms with Crippen LogP contribution in [0.4, 0.5) is 0 Å². The van der Waals surface area contributed by atoms with Crippen LogP contribution in [0, 0.1) is 6.92 Å². The molecule has 0 spiro atoms. The first-order chi connectivity index (χ1) is 6.66. The van der Waals surface area contributed by atoms with Crippen LogP contribution >= 0.6 is 11.3 Å². The topological polar surface area (TPSA) is 50.2 Å². The van der Waals surface area contributed by atoms with Crippen molar-refractivity contribution in [2.75, 3.05) is 0 Å². The number of aryl methyl sites for hydroxylation is 1. The number of fused-ring (bicyclic) bond motifs is 1. The molecule has 72 valence electrons. The summed E-state index contributed by atoms with van der Waals surface area (Å²) < 4.78 is 0. The first-order valence-corrected chi connectivity index (χ1v) is 5.09. The molecular formula is C10H9NO2S. The van der Waals surface area contributed by atoms with Crippen LogP contribution in [0.25, 0.3) is 10.2 Å². The highest BCUT2D eigenvalue weighted by molar-refractivity contribution is 7.16. The van der Waals surface area contributed by atoms with Gasteiger partial charge in [0.15, 0.2) is 0 Å². The van der Waals surface area contributed by atoms with Gasteiger partial charge in [0.1, 0.15) is 4.83 Å². The van der Waals surface area contributed by atoms with Gasteiger partial charge in [0, 0.05) is 11.6 Å². The van der Waals surface area contributed by atoms with Gasteiger partial charge in [-0.25, -0.2) is 4.98 Å². The fraction of sp³-hybridized carbons (Fsp3) is 0.200. The van der Waals surface area contributed by atoms with Crippen molar-refractivity contribution in [2.45, 2.75) is 13.3 Å². The normalized spacial score (nSPS) is 10.6. The molecule has 0 saturated heterocycles. The SMILES string of the molecule is Cc1cnc2scc(CC(=O)O)c2c1. The summed E-state index contributed by atoms with van der Waals surface area (Å²) in [7, 11) is 0. The van der Waals surface area contributed by atoms with Crippen LogP contribution in [0.3, 0.4) is 0 Å². The van der Waals surface area contributed by atoms with E-state index < -0.39 is 5.97 Å². The van der Waals surface area contributed by atoms with E-state index in [2.05, 4.69) is 4.98 Å². The van der Waals surface area contributed by atoms with Crippen LogP contribution in [-0.2, 0) is 11.2 Å². The second-order valence-corrected chi connectivity index (χ2v) is 4.05. The van der Waals surface area contributed by atoms with Crippen LogP contribution in [-0.4, -0.2) is 16.1 Å². The fourth-order valence-electron chi connectivity index (χ4n) is 1.37. The van der Waals surface area contributed by atoms with Gasteiger partial charge in [-0.1, -0.05) is 0 Å². The maximum absolute atomic E-state index is 10.6. The fourth-order valence-corrected chi connectivity index (χ4v) is 2.27. The summed E-state index contributed by atoms with van der Waals surface area (Å²) >= 11 is 1.49. The van der Waals surface area contributed by atoms with Crippen molar-refractivity contribution < 1.29 is 9.90 Å². The van der Waals surface area contributed by atoms with Gasteiger partial charge in [0.25, 0.3) is 0 Å². The molecule has 0 amide bonds. The smallest absolute Gasteiger partial charge is 0.307 e. The lowest BCUT2D eigenvalue weighted by molar-refractivity contribution is -0.136. The number of thiophene rings is 1. The minimum Gasteiger partial charge on any atom is -0.481 e. The van der Waals surface area contributed by atoms with Crippen LogP contribution in [0.15, 0.2) is 17.6 Å². The number of aromatic nitrogens is 1. The Balaban J connectivity index is 2.55. The highest BCUT2D eigenvalue weighted by Crippen LogP contribution is 2.25. The predicted octanol–water partition coefficient (Wildman–Crippen LogP) is 2.23. The summed E-state index contributed by atoms with van der Waals surface area (Å²) in [6.45, 7) is 1.95. The maximum Gasteiger partial charge on any atom is 0.307 e. The van der Waals surface area contributed by atoms with Crippen LogP contribution in [0.5, 0.6) is 0 Å². The third-order valence-corrected chi connectivity index (χ3v) is 2.94. The minimum absolute atomic E-state index is 0.0745. The number of carboxylic acids is 1. The molecule has 0 aliphatic carbocycles. The van der Waals surface area contributed by atoms with E-state index in [4.69, 9.17) is 5.11 Å². The average molecular weight is 207 g/mol. The van der Waals surface area contributed by atoms with Crippen molar-refractivity contribution in [3.05, 3.63) is 28.8 Å². The van der Waals surface area contributed by atoms with Crippen molar-refractivity contribution in [2.24, 2.45) is 0 Å². The summed E-state index contributed by atoms with van der Waals surface area (Å²) in [5, 5.41) is 11.5. The Morgan fingerprint density at radius 2 is 2.43 bits per heavy atom. The number of aliphatic carboxylic acids is 1. The Kier molecular flexibility index (Phi) is 2.21. The number of carboxylic acid groups (broad SMARTS) is 1. The number of carbonyl (C=O) groups is 1. The maximum atomic E-state index is 10.6. The molecule has 0 atom stereocenters. The first-order valence-electron chi connectivity index (χ1n) is 4.21. The van der Waals surface area contributed by atoms with Crippen LogP contribution < -0.4 is 0 Å². The van der Waals surface area contributed by atoms with Gasteiger partial charge in [-0.3, -0.25) is 4.79 Å². The number of pyridine rings is 1. The number of nitrogens with zero attached hydrogens (tertiary/aromatic N) is 1. The molecule has 2 aromatic heterocycles.